The number of benzene rings is 1. The first-order valence-electron chi connectivity index (χ1n) is 7.22. The summed E-state index contributed by atoms with van der Waals surface area (Å²) in [5, 5.41) is 2.82. The molecule has 4 nitrogen and oxygen atoms in total. The third-order valence-corrected chi connectivity index (χ3v) is 4.08. The second kappa shape index (κ2) is 8.54. The molecule has 0 aliphatic heterocycles. The van der Waals surface area contributed by atoms with E-state index in [0.29, 0.717) is 18.9 Å². The number of thioether (sulfide) groups is 1. The normalized spacial score (nSPS) is 10.5. The van der Waals surface area contributed by atoms with Crippen molar-refractivity contribution in [1.29, 1.82) is 0 Å². The van der Waals surface area contributed by atoms with Gasteiger partial charge >= 0.3 is 0 Å². The monoisotopic (exact) mass is 319 g/mol. The molecule has 1 N–H and O–H groups in total. The van der Waals surface area contributed by atoms with Crippen LogP contribution in [0.1, 0.15) is 16.9 Å². The van der Waals surface area contributed by atoms with E-state index in [1.807, 2.05) is 38.1 Å². The molecule has 22 heavy (non-hydrogen) atoms. The van der Waals surface area contributed by atoms with Crippen molar-refractivity contribution in [2.24, 2.45) is 0 Å². The number of nitrogens with one attached hydrogen (secondary N) is 1. The van der Waals surface area contributed by atoms with Crippen LogP contribution in [0.3, 0.4) is 0 Å². The highest BCUT2D eigenvalue weighted by Gasteiger charge is 2.05. The fraction of sp³-hybridized carbons (Fsp3) is 0.353. The summed E-state index contributed by atoms with van der Waals surface area (Å²) in [7, 11) is 0. The maximum Gasteiger partial charge on any atom is 0.230 e. The molecule has 1 aromatic heterocycles. The van der Waals surface area contributed by atoms with Crippen molar-refractivity contribution in [1.82, 2.24) is 5.32 Å². The Hall–Kier alpha value is -1.88. The smallest absolute Gasteiger partial charge is 0.230 e. The van der Waals surface area contributed by atoms with E-state index < -0.39 is 0 Å². The Kier molecular flexibility index (Phi) is 6.40. The van der Waals surface area contributed by atoms with E-state index in [0.717, 1.165) is 28.4 Å². The Labute approximate surface area is 135 Å². The molecule has 0 atom stereocenters. The average molecular weight is 319 g/mol. The van der Waals surface area contributed by atoms with E-state index in [9.17, 15) is 4.79 Å². The molecule has 1 aromatic carbocycles. The number of amides is 1. The molecular formula is C17H21NO3S. The summed E-state index contributed by atoms with van der Waals surface area (Å²) in [5.41, 5.74) is 2.28. The zero-order valence-corrected chi connectivity index (χ0v) is 13.7. The number of furan rings is 1. The predicted octanol–water partition coefficient (Wildman–Crippen LogP) is 3.32. The summed E-state index contributed by atoms with van der Waals surface area (Å²) >= 11 is 1.56. The molecular weight excluding hydrogens is 298 g/mol. The number of carbonyl (C=O) groups is 1. The molecule has 0 aliphatic rings. The van der Waals surface area contributed by atoms with Gasteiger partial charge in [0.25, 0.3) is 0 Å². The first-order valence-corrected chi connectivity index (χ1v) is 8.38. The lowest BCUT2D eigenvalue weighted by Crippen LogP contribution is -2.24. The van der Waals surface area contributed by atoms with Crippen LogP contribution in [0, 0.1) is 13.8 Å². The van der Waals surface area contributed by atoms with E-state index in [1.165, 1.54) is 0 Å². The van der Waals surface area contributed by atoms with Crippen molar-refractivity contribution in [3.05, 3.63) is 53.5 Å². The van der Waals surface area contributed by atoms with Crippen LogP contribution in [0.5, 0.6) is 5.75 Å². The zero-order valence-electron chi connectivity index (χ0n) is 12.9. The predicted molar refractivity (Wildman–Crippen MR) is 89.3 cm³/mol. The van der Waals surface area contributed by atoms with Gasteiger partial charge in [0.2, 0.25) is 5.91 Å². The van der Waals surface area contributed by atoms with Crippen LogP contribution in [0.15, 0.2) is 41.0 Å². The molecule has 118 valence electrons. The summed E-state index contributed by atoms with van der Waals surface area (Å²) in [6.45, 7) is 5.11. The number of hydrogen-bond donors (Lipinski definition) is 1. The van der Waals surface area contributed by atoms with Gasteiger partial charge < -0.3 is 14.5 Å². The molecule has 0 bridgehead atoms. The van der Waals surface area contributed by atoms with Gasteiger partial charge in [0, 0.05) is 5.75 Å². The van der Waals surface area contributed by atoms with Crippen molar-refractivity contribution < 1.29 is 13.9 Å². The average Bonchev–Trinajstić information content (AvgIpc) is 3.01. The minimum Gasteiger partial charge on any atom is -0.492 e. The van der Waals surface area contributed by atoms with E-state index in [2.05, 4.69) is 5.32 Å². The Morgan fingerprint density at radius 2 is 2.00 bits per heavy atom. The van der Waals surface area contributed by atoms with Gasteiger partial charge in [-0.25, -0.2) is 0 Å². The Morgan fingerprint density at radius 1 is 1.23 bits per heavy atom. The van der Waals surface area contributed by atoms with E-state index >= 15 is 0 Å². The van der Waals surface area contributed by atoms with Gasteiger partial charge in [0.15, 0.2) is 0 Å². The fourth-order valence-electron chi connectivity index (χ4n) is 2.04. The van der Waals surface area contributed by atoms with Crippen LogP contribution in [0.2, 0.25) is 0 Å². The second-order valence-corrected chi connectivity index (χ2v) is 6.08. The molecule has 0 aliphatic carbocycles. The maximum atomic E-state index is 11.7. The highest BCUT2D eigenvalue weighted by molar-refractivity contribution is 7.99. The quantitative estimate of drug-likeness (QED) is 0.758. The SMILES string of the molecule is Cc1cccc(C)c1OCCSCC(=O)NCc1ccco1. The summed E-state index contributed by atoms with van der Waals surface area (Å²) < 4.78 is 11.0. The van der Waals surface area contributed by atoms with Crippen LogP contribution in [-0.4, -0.2) is 24.0 Å². The largest absolute Gasteiger partial charge is 0.492 e. The molecule has 5 heteroatoms. The van der Waals surface area contributed by atoms with Crippen molar-refractivity contribution in [3.63, 3.8) is 0 Å². The highest BCUT2D eigenvalue weighted by Crippen LogP contribution is 2.22. The number of carbonyl (C=O) groups excluding carboxylic acids is 1. The lowest BCUT2D eigenvalue weighted by Gasteiger charge is -2.11. The third kappa shape index (κ3) is 5.15. The van der Waals surface area contributed by atoms with E-state index in [4.69, 9.17) is 9.15 Å². The molecule has 0 spiro atoms. The van der Waals surface area contributed by atoms with Gasteiger partial charge in [-0.3, -0.25) is 4.79 Å². The number of para-hydroxylation sites is 1. The van der Waals surface area contributed by atoms with Gasteiger partial charge in [-0.15, -0.1) is 11.8 Å². The zero-order chi connectivity index (χ0) is 15.8. The minimum atomic E-state index is 0.00784. The van der Waals surface area contributed by atoms with Crippen molar-refractivity contribution >= 4 is 17.7 Å². The maximum absolute atomic E-state index is 11.7. The number of rotatable bonds is 8. The summed E-state index contributed by atoms with van der Waals surface area (Å²) in [5.74, 6) is 2.93. The van der Waals surface area contributed by atoms with Gasteiger partial charge in [0.05, 0.1) is 25.2 Å². The van der Waals surface area contributed by atoms with Crippen molar-refractivity contribution in [2.45, 2.75) is 20.4 Å². The van der Waals surface area contributed by atoms with Gasteiger partial charge in [-0.1, -0.05) is 18.2 Å². The summed E-state index contributed by atoms with van der Waals surface area (Å²) in [4.78, 5) is 11.7. The summed E-state index contributed by atoms with van der Waals surface area (Å²) in [6.07, 6.45) is 1.60. The van der Waals surface area contributed by atoms with Gasteiger partial charge in [-0.05, 0) is 37.1 Å². The minimum absolute atomic E-state index is 0.00784. The molecule has 2 rings (SSSR count). The molecule has 0 saturated carbocycles. The van der Waals surface area contributed by atoms with E-state index in [1.54, 1.807) is 24.1 Å². The van der Waals surface area contributed by atoms with Gasteiger partial charge in [-0.2, -0.15) is 0 Å². The van der Waals surface area contributed by atoms with Crippen LogP contribution in [0.25, 0.3) is 0 Å². The molecule has 1 amide bonds. The lowest BCUT2D eigenvalue weighted by atomic mass is 10.1. The van der Waals surface area contributed by atoms with Crippen LogP contribution in [-0.2, 0) is 11.3 Å². The Bertz CT molecular complexity index is 576. The highest BCUT2D eigenvalue weighted by atomic mass is 32.2. The topological polar surface area (TPSA) is 51.5 Å². The van der Waals surface area contributed by atoms with Gasteiger partial charge in [0.1, 0.15) is 11.5 Å². The molecule has 1 heterocycles. The first kappa shape index (κ1) is 16.5. The number of aryl methyl sites for hydroxylation is 2. The van der Waals surface area contributed by atoms with Crippen LogP contribution >= 0.6 is 11.8 Å². The standard InChI is InChI=1S/C17H21NO3S/c1-13-5-3-6-14(2)17(13)21-9-10-22-12-16(19)18-11-15-7-4-8-20-15/h3-8H,9-12H2,1-2H3,(H,18,19). The Morgan fingerprint density at radius 3 is 2.68 bits per heavy atom. The molecule has 0 radical (unpaired) electrons. The molecule has 0 unspecified atom stereocenters. The van der Waals surface area contributed by atoms with Crippen LogP contribution < -0.4 is 10.1 Å². The van der Waals surface area contributed by atoms with E-state index in [-0.39, 0.29) is 5.91 Å². The number of ether oxygens (including phenoxy) is 1. The third-order valence-electron chi connectivity index (χ3n) is 3.16. The van der Waals surface area contributed by atoms with Crippen LogP contribution in [0.4, 0.5) is 0 Å². The van der Waals surface area contributed by atoms with Crippen molar-refractivity contribution in [3.8, 4) is 5.75 Å². The first-order chi connectivity index (χ1) is 10.7. The van der Waals surface area contributed by atoms with Crippen molar-refractivity contribution in [2.75, 3.05) is 18.1 Å². The molecule has 0 fully saturated rings. The fourth-order valence-corrected chi connectivity index (χ4v) is 2.68. The summed E-state index contributed by atoms with van der Waals surface area (Å²) in [6, 6.07) is 9.75. The lowest BCUT2D eigenvalue weighted by molar-refractivity contribution is -0.118. The Balaban J connectivity index is 1.60. The number of hydrogen-bond acceptors (Lipinski definition) is 4. The molecule has 0 saturated heterocycles. The molecule has 2 aromatic rings. The second-order valence-electron chi connectivity index (χ2n) is 4.98.